The fourth-order valence-electron chi connectivity index (χ4n) is 1.32. The molecule has 19 heavy (non-hydrogen) atoms. The average Bonchev–Trinajstić information content (AvgIpc) is 2.37. The summed E-state index contributed by atoms with van der Waals surface area (Å²) < 4.78 is 31.9. The van der Waals surface area contributed by atoms with Gasteiger partial charge in [0.1, 0.15) is 5.75 Å². The number of hydrogen-bond acceptors (Lipinski definition) is 4. The molecule has 0 radical (unpaired) electrons. The molecule has 1 unspecified atom stereocenters. The maximum Gasteiger partial charge on any atom is 0.240 e. The summed E-state index contributed by atoms with van der Waals surface area (Å²) in [6, 6.07) is 6.56. The van der Waals surface area contributed by atoms with Gasteiger partial charge in [0.2, 0.25) is 10.0 Å². The van der Waals surface area contributed by atoms with Crippen molar-refractivity contribution in [3.05, 3.63) is 24.3 Å². The maximum absolute atomic E-state index is 12.0. The molecule has 0 bridgehead atoms. The molecule has 0 aliphatic rings. The van der Waals surface area contributed by atoms with E-state index in [9.17, 15) is 8.42 Å². The minimum atomic E-state index is -3.48. The van der Waals surface area contributed by atoms with Crippen molar-refractivity contribution in [3.63, 3.8) is 0 Å². The van der Waals surface area contributed by atoms with Crippen molar-refractivity contribution < 1.29 is 13.2 Å². The van der Waals surface area contributed by atoms with E-state index >= 15 is 0 Å². The number of likely N-dealkylation sites (N-methyl/N-ethyl adjacent to an activating group) is 1. The minimum Gasteiger partial charge on any atom is -0.494 e. The summed E-state index contributed by atoms with van der Waals surface area (Å²) in [5, 5.41) is 2.97. The average molecular weight is 309 g/mol. The molecule has 0 aliphatic carbocycles. The third-order valence-electron chi connectivity index (χ3n) is 2.50. The van der Waals surface area contributed by atoms with Crippen molar-refractivity contribution in [1.29, 1.82) is 0 Å². The van der Waals surface area contributed by atoms with Crippen LogP contribution in [0.2, 0.25) is 0 Å². The van der Waals surface area contributed by atoms with Gasteiger partial charge >= 0.3 is 0 Å². The van der Waals surface area contributed by atoms with Crippen molar-refractivity contribution in [1.82, 2.24) is 10.0 Å². The standard InChI is InChI=1S/C12H20N2O3S.ClH/c1-4-17-11-6-5-7-12(8-11)18(15,16)14-9-10(2)13-3;/h5-8,10,13-14H,4,9H2,1-3H3;1H. The zero-order valence-electron chi connectivity index (χ0n) is 11.3. The number of halogens is 1. The van der Waals surface area contributed by atoms with E-state index in [1.807, 2.05) is 13.8 Å². The molecule has 1 aromatic carbocycles. The molecule has 7 heteroatoms. The monoisotopic (exact) mass is 308 g/mol. The van der Waals surface area contributed by atoms with Crippen LogP contribution in [0.25, 0.3) is 0 Å². The second-order valence-electron chi connectivity index (χ2n) is 3.95. The predicted molar refractivity (Wildman–Crippen MR) is 78.6 cm³/mol. The van der Waals surface area contributed by atoms with Crippen LogP contribution in [0.15, 0.2) is 29.2 Å². The van der Waals surface area contributed by atoms with Crippen LogP contribution in [0, 0.1) is 0 Å². The van der Waals surface area contributed by atoms with Gasteiger partial charge in [-0.15, -0.1) is 12.4 Å². The van der Waals surface area contributed by atoms with E-state index in [1.165, 1.54) is 6.07 Å². The lowest BCUT2D eigenvalue weighted by Crippen LogP contribution is -2.37. The zero-order chi connectivity index (χ0) is 13.6. The molecule has 0 spiro atoms. The van der Waals surface area contributed by atoms with E-state index in [0.717, 1.165) is 0 Å². The van der Waals surface area contributed by atoms with Gasteiger partial charge in [-0.05, 0) is 33.0 Å². The molecule has 0 fully saturated rings. The number of hydrogen-bond donors (Lipinski definition) is 2. The Hall–Kier alpha value is -0.820. The van der Waals surface area contributed by atoms with Gasteiger partial charge in [-0.2, -0.15) is 0 Å². The van der Waals surface area contributed by atoms with Gasteiger partial charge in [-0.1, -0.05) is 6.07 Å². The fourth-order valence-corrected chi connectivity index (χ4v) is 2.48. The highest BCUT2D eigenvalue weighted by Gasteiger charge is 2.15. The zero-order valence-corrected chi connectivity index (χ0v) is 13.0. The SMILES string of the molecule is CCOc1cccc(S(=O)(=O)NCC(C)NC)c1.Cl. The smallest absolute Gasteiger partial charge is 0.240 e. The summed E-state index contributed by atoms with van der Waals surface area (Å²) in [6.45, 7) is 4.61. The molecule has 0 heterocycles. The number of nitrogens with one attached hydrogen (secondary N) is 2. The molecule has 1 aromatic rings. The van der Waals surface area contributed by atoms with Gasteiger partial charge in [-0.25, -0.2) is 13.1 Å². The largest absolute Gasteiger partial charge is 0.494 e. The summed E-state index contributed by atoms with van der Waals surface area (Å²) in [6.07, 6.45) is 0. The number of rotatable bonds is 7. The number of sulfonamides is 1. The van der Waals surface area contributed by atoms with Gasteiger partial charge in [-0.3, -0.25) is 0 Å². The molecule has 5 nitrogen and oxygen atoms in total. The predicted octanol–water partition coefficient (Wildman–Crippen LogP) is 1.39. The van der Waals surface area contributed by atoms with Crippen LogP contribution < -0.4 is 14.8 Å². The normalized spacial score (nSPS) is 12.6. The molecule has 1 atom stereocenters. The maximum atomic E-state index is 12.0. The van der Waals surface area contributed by atoms with E-state index in [1.54, 1.807) is 25.2 Å². The van der Waals surface area contributed by atoms with Gasteiger partial charge < -0.3 is 10.1 Å². The molecule has 0 aliphatic heterocycles. The van der Waals surface area contributed by atoms with E-state index in [4.69, 9.17) is 4.74 Å². The molecular formula is C12H21ClN2O3S. The Morgan fingerprint density at radius 1 is 1.37 bits per heavy atom. The van der Waals surface area contributed by atoms with E-state index in [0.29, 0.717) is 18.9 Å². The van der Waals surface area contributed by atoms with Crippen LogP contribution in [0.3, 0.4) is 0 Å². The van der Waals surface area contributed by atoms with Crippen molar-refractivity contribution in [2.45, 2.75) is 24.8 Å². The topological polar surface area (TPSA) is 67.4 Å². The van der Waals surface area contributed by atoms with Crippen LogP contribution >= 0.6 is 12.4 Å². The molecule has 0 saturated carbocycles. The lowest BCUT2D eigenvalue weighted by atomic mass is 10.3. The van der Waals surface area contributed by atoms with Crippen LogP contribution in [0.1, 0.15) is 13.8 Å². The Morgan fingerprint density at radius 3 is 2.63 bits per heavy atom. The highest BCUT2D eigenvalue weighted by atomic mass is 35.5. The molecule has 1 rings (SSSR count). The Kier molecular flexibility index (Phi) is 8.01. The fraction of sp³-hybridized carbons (Fsp3) is 0.500. The Balaban J connectivity index is 0.00000324. The van der Waals surface area contributed by atoms with Crippen molar-refractivity contribution in [2.24, 2.45) is 0 Å². The van der Waals surface area contributed by atoms with E-state index in [-0.39, 0.29) is 23.3 Å². The number of benzene rings is 1. The third kappa shape index (κ3) is 5.78. The molecular weight excluding hydrogens is 288 g/mol. The van der Waals surface area contributed by atoms with Gasteiger partial charge in [0, 0.05) is 18.7 Å². The number of ether oxygens (including phenoxy) is 1. The lowest BCUT2D eigenvalue weighted by Gasteiger charge is -2.12. The van der Waals surface area contributed by atoms with Crippen LogP contribution in [0.5, 0.6) is 5.75 Å². The minimum absolute atomic E-state index is 0. The Morgan fingerprint density at radius 2 is 2.05 bits per heavy atom. The third-order valence-corrected chi connectivity index (χ3v) is 3.92. The molecule has 110 valence electrons. The Bertz CT molecular complexity index is 480. The van der Waals surface area contributed by atoms with Gasteiger partial charge in [0.25, 0.3) is 0 Å². The lowest BCUT2D eigenvalue weighted by molar-refractivity contribution is 0.339. The molecule has 2 N–H and O–H groups in total. The van der Waals surface area contributed by atoms with E-state index < -0.39 is 10.0 Å². The first-order chi connectivity index (χ1) is 8.49. The first-order valence-corrected chi connectivity index (χ1v) is 7.37. The van der Waals surface area contributed by atoms with Crippen molar-refractivity contribution in [2.75, 3.05) is 20.2 Å². The van der Waals surface area contributed by atoms with Crippen LogP contribution in [0.4, 0.5) is 0 Å². The molecule has 0 aromatic heterocycles. The highest BCUT2D eigenvalue weighted by Crippen LogP contribution is 2.17. The summed E-state index contributed by atoms with van der Waals surface area (Å²) in [5.41, 5.74) is 0. The highest BCUT2D eigenvalue weighted by molar-refractivity contribution is 7.89. The van der Waals surface area contributed by atoms with Crippen molar-refractivity contribution in [3.8, 4) is 5.75 Å². The second kappa shape index (κ2) is 8.37. The first kappa shape index (κ1) is 18.2. The molecule has 0 saturated heterocycles. The first-order valence-electron chi connectivity index (χ1n) is 5.89. The summed E-state index contributed by atoms with van der Waals surface area (Å²) in [7, 11) is -1.69. The summed E-state index contributed by atoms with van der Waals surface area (Å²) >= 11 is 0. The quantitative estimate of drug-likeness (QED) is 0.799. The summed E-state index contributed by atoms with van der Waals surface area (Å²) in [5.74, 6) is 0.557. The Labute approximate surface area is 121 Å². The van der Waals surface area contributed by atoms with Gasteiger partial charge in [0.15, 0.2) is 0 Å². The summed E-state index contributed by atoms with van der Waals surface area (Å²) in [4.78, 5) is 0.219. The van der Waals surface area contributed by atoms with Crippen LogP contribution in [-0.4, -0.2) is 34.7 Å². The molecule has 0 amide bonds. The van der Waals surface area contributed by atoms with Crippen molar-refractivity contribution >= 4 is 22.4 Å². The van der Waals surface area contributed by atoms with Crippen LogP contribution in [-0.2, 0) is 10.0 Å². The van der Waals surface area contributed by atoms with E-state index in [2.05, 4.69) is 10.0 Å². The second-order valence-corrected chi connectivity index (χ2v) is 5.72. The van der Waals surface area contributed by atoms with Gasteiger partial charge in [0.05, 0.1) is 11.5 Å².